The highest BCUT2D eigenvalue weighted by molar-refractivity contribution is 5.96. The summed E-state index contributed by atoms with van der Waals surface area (Å²) in [4.78, 5) is 16.8. The largest absolute Gasteiger partial charge is 0.489 e. The standard InChI is InChI=1S/C25H28FN5O2/c1-15-7-24(26)23(25(32)30-19-3-4-19)9-22(15)18-11-29-31(14-18)20-8-21(13-28-12-20)33-16(2)17-5-6-27-10-17/h7-9,11-14,16-17,19,27H,3-6,10H2,1-2H3,(H,30,32)/t16-,17?/m0/s1. The number of ether oxygens (including phenoxy) is 1. The molecule has 7 nitrogen and oxygen atoms in total. The van der Waals surface area contributed by atoms with E-state index >= 15 is 0 Å². The van der Waals surface area contributed by atoms with Crippen molar-refractivity contribution in [3.8, 4) is 22.6 Å². The zero-order valence-corrected chi connectivity index (χ0v) is 18.8. The van der Waals surface area contributed by atoms with Gasteiger partial charge in [-0.15, -0.1) is 0 Å². The van der Waals surface area contributed by atoms with E-state index in [0.717, 1.165) is 54.7 Å². The lowest BCUT2D eigenvalue weighted by Gasteiger charge is -2.20. The van der Waals surface area contributed by atoms with Crippen LogP contribution in [0.5, 0.6) is 5.75 Å². The van der Waals surface area contributed by atoms with Crippen LogP contribution in [0.1, 0.15) is 42.1 Å². The van der Waals surface area contributed by atoms with Gasteiger partial charge in [-0.1, -0.05) is 0 Å². The highest BCUT2D eigenvalue weighted by Gasteiger charge is 2.26. The fraction of sp³-hybridized carbons (Fsp3) is 0.400. The molecular weight excluding hydrogens is 421 g/mol. The molecule has 2 fully saturated rings. The van der Waals surface area contributed by atoms with E-state index in [1.807, 2.05) is 19.2 Å². The third-order valence-corrected chi connectivity index (χ3v) is 6.41. The van der Waals surface area contributed by atoms with E-state index in [9.17, 15) is 9.18 Å². The van der Waals surface area contributed by atoms with E-state index in [-0.39, 0.29) is 23.6 Å². The fourth-order valence-electron chi connectivity index (χ4n) is 4.24. The zero-order valence-electron chi connectivity index (χ0n) is 18.8. The molecule has 2 aliphatic rings. The van der Waals surface area contributed by atoms with Crippen LogP contribution in [-0.4, -0.2) is 45.9 Å². The fourth-order valence-corrected chi connectivity index (χ4v) is 4.24. The van der Waals surface area contributed by atoms with Crippen LogP contribution < -0.4 is 15.4 Å². The lowest BCUT2D eigenvalue weighted by Crippen LogP contribution is -2.26. The molecule has 5 rings (SSSR count). The van der Waals surface area contributed by atoms with Crippen molar-refractivity contribution < 1.29 is 13.9 Å². The molecule has 2 aromatic heterocycles. The Kier molecular flexibility index (Phi) is 5.85. The second-order valence-corrected chi connectivity index (χ2v) is 9.02. The van der Waals surface area contributed by atoms with Gasteiger partial charge in [-0.25, -0.2) is 9.07 Å². The number of halogens is 1. The quantitative estimate of drug-likeness (QED) is 0.576. The number of hydrogen-bond acceptors (Lipinski definition) is 5. The summed E-state index contributed by atoms with van der Waals surface area (Å²) < 4.78 is 22.3. The molecule has 0 bridgehead atoms. The number of aryl methyl sites for hydroxylation is 1. The molecule has 1 aliphatic carbocycles. The van der Waals surface area contributed by atoms with Gasteiger partial charge in [0.15, 0.2) is 0 Å². The summed E-state index contributed by atoms with van der Waals surface area (Å²) in [5, 5.41) is 10.7. The van der Waals surface area contributed by atoms with E-state index in [1.54, 1.807) is 29.3 Å². The maximum atomic E-state index is 14.5. The average molecular weight is 450 g/mol. The van der Waals surface area contributed by atoms with E-state index in [4.69, 9.17) is 4.74 Å². The van der Waals surface area contributed by atoms with E-state index in [1.165, 1.54) is 6.07 Å². The van der Waals surface area contributed by atoms with E-state index < -0.39 is 5.82 Å². The molecule has 0 radical (unpaired) electrons. The second kappa shape index (κ2) is 8.94. The average Bonchev–Trinajstić information content (AvgIpc) is 3.26. The number of carbonyl (C=O) groups excluding carboxylic acids is 1. The van der Waals surface area contributed by atoms with Crippen molar-refractivity contribution in [3.05, 3.63) is 59.9 Å². The van der Waals surface area contributed by atoms with Gasteiger partial charge < -0.3 is 15.4 Å². The van der Waals surface area contributed by atoms with Crippen molar-refractivity contribution in [3.63, 3.8) is 0 Å². The highest BCUT2D eigenvalue weighted by Crippen LogP contribution is 2.28. The molecule has 1 amide bonds. The van der Waals surface area contributed by atoms with Gasteiger partial charge >= 0.3 is 0 Å². The first kappa shape index (κ1) is 21.6. The van der Waals surface area contributed by atoms with Gasteiger partial charge in [0.05, 0.1) is 29.8 Å². The number of nitrogens with zero attached hydrogens (tertiary/aromatic N) is 3. The molecule has 3 aromatic rings. The molecule has 1 saturated carbocycles. The third kappa shape index (κ3) is 4.75. The van der Waals surface area contributed by atoms with Crippen LogP contribution in [0, 0.1) is 18.7 Å². The van der Waals surface area contributed by atoms with Gasteiger partial charge in [-0.3, -0.25) is 9.78 Å². The Morgan fingerprint density at radius 2 is 2.09 bits per heavy atom. The van der Waals surface area contributed by atoms with Gasteiger partial charge in [0.2, 0.25) is 0 Å². The molecule has 3 heterocycles. The SMILES string of the molecule is Cc1cc(F)c(C(=O)NC2CC2)cc1-c1cnn(-c2cncc(O[C@@H](C)C3CCNC3)c2)c1. The number of carbonyl (C=O) groups is 1. The number of rotatable bonds is 7. The van der Waals surface area contributed by atoms with Crippen LogP contribution in [0.25, 0.3) is 16.8 Å². The van der Waals surface area contributed by atoms with E-state index in [2.05, 4.69) is 27.6 Å². The first-order chi connectivity index (χ1) is 16.0. The van der Waals surface area contributed by atoms with Crippen LogP contribution in [0.3, 0.4) is 0 Å². The minimum Gasteiger partial charge on any atom is -0.489 e. The molecular formula is C25H28FN5O2. The summed E-state index contributed by atoms with van der Waals surface area (Å²) in [5.74, 6) is 0.297. The summed E-state index contributed by atoms with van der Waals surface area (Å²) in [7, 11) is 0. The van der Waals surface area contributed by atoms with Crippen molar-refractivity contribution in [1.29, 1.82) is 0 Å². The van der Waals surface area contributed by atoms with Crippen molar-refractivity contribution >= 4 is 5.91 Å². The first-order valence-corrected chi connectivity index (χ1v) is 11.5. The lowest BCUT2D eigenvalue weighted by molar-refractivity contribution is 0.0947. The van der Waals surface area contributed by atoms with Crippen molar-refractivity contribution in [1.82, 2.24) is 25.4 Å². The number of pyridine rings is 1. The molecule has 8 heteroatoms. The summed E-state index contributed by atoms with van der Waals surface area (Å²) in [6.45, 7) is 5.91. The number of hydrogen-bond donors (Lipinski definition) is 2. The number of aromatic nitrogens is 3. The molecule has 2 atom stereocenters. The topological polar surface area (TPSA) is 81.1 Å². The summed E-state index contributed by atoms with van der Waals surface area (Å²) >= 11 is 0. The first-order valence-electron chi connectivity index (χ1n) is 11.5. The van der Waals surface area contributed by atoms with Gasteiger partial charge in [-0.05, 0) is 62.9 Å². The monoisotopic (exact) mass is 449 g/mol. The Morgan fingerprint density at radius 3 is 2.85 bits per heavy atom. The van der Waals surface area contributed by atoms with Gasteiger partial charge in [0, 0.05) is 36.3 Å². The molecule has 1 aromatic carbocycles. The summed E-state index contributed by atoms with van der Waals surface area (Å²) in [5.41, 5.74) is 3.13. The Balaban J connectivity index is 1.37. The van der Waals surface area contributed by atoms with Crippen LogP contribution in [0.15, 0.2) is 43.0 Å². The second-order valence-electron chi connectivity index (χ2n) is 9.02. The molecule has 172 valence electrons. The smallest absolute Gasteiger partial charge is 0.254 e. The molecule has 1 aliphatic heterocycles. The Labute approximate surface area is 192 Å². The van der Waals surface area contributed by atoms with Crippen LogP contribution >= 0.6 is 0 Å². The summed E-state index contributed by atoms with van der Waals surface area (Å²) in [6, 6.07) is 5.09. The van der Waals surface area contributed by atoms with E-state index in [0.29, 0.717) is 11.7 Å². The molecule has 0 spiro atoms. The third-order valence-electron chi connectivity index (χ3n) is 6.41. The molecule has 1 unspecified atom stereocenters. The Bertz CT molecular complexity index is 1170. The minimum absolute atomic E-state index is 0.0581. The summed E-state index contributed by atoms with van der Waals surface area (Å²) in [6.07, 6.45) is 10.1. The minimum atomic E-state index is -0.512. The predicted octanol–water partition coefficient (Wildman–Crippen LogP) is 3.65. The maximum absolute atomic E-state index is 14.5. The number of amides is 1. The zero-order chi connectivity index (χ0) is 22.9. The van der Waals surface area contributed by atoms with Crippen LogP contribution in [-0.2, 0) is 0 Å². The maximum Gasteiger partial charge on any atom is 0.254 e. The van der Waals surface area contributed by atoms with Crippen LogP contribution in [0.4, 0.5) is 4.39 Å². The van der Waals surface area contributed by atoms with Crippen LogP contribution in [0.2, 0.25) is 0 Å². The Morgan fingerprint density at radius 1 is 1.24 bits per heavy atom. The number of nitrogens with one attached hydrogen (secondary N) is 2. The van der Waals surface area contributed by atoms with Gasteiger partial charge in [0.25, 0.3) is 5.91 Å². The van der Waals surface area contributed by atoms with Crippen molar-refractivity contribution in [2.45, 2.75) is 45.3 Å². The normalized spacial score (nSPS) is 18.8. The lowest BCUT2D eigenvalue weighted by atomic mass is 9.99. The Hall–Kier alpha value is -3.26. The molecule has 33 heavy (non-hydrogen) atoms. The van der Waals surface area contributed by atoms with Gasteiger partial charge in [-0.2, -0.15) is 5.10 Å². The predicted molar refractivity (Wildman–Crippen MR) is 123 cm³/mol. The van der Waals surface area contributed by atoms with Gasteiger partial charge in [0.1, 0.15) is 17.7 Å². The van der Waals surface area contributed by atoms with Crippen molar-refractivity contribution in [2.24, 2.45) is 5.92 Å². The van der Waals surface area contributed by atoms with Crippen molar-refractivity contribution in [2.75, 3.05) is 13.1 Å². The highest BCUT2D eigenvalue weighted by atomic mass is 19.1. The number of benzene rings is 1. The molecule has 2 N–H and O–H groups in total. The molecule has 1 saturated heterocycles.